The maximum atomic E-state index is 12.2. The Morgan fingerprint density at radius 3 is 3.08 bits per heavy atom. The van der Waals surface area contributed by atoms with Gasteiger partial charge in [0, 0.05) is 25.3 Å². The molecule has 1 saturated heterocycles. The maximum absolute atomic E-state index is 12.2. The highest BCUT2D eigenvalue weighted by atomic mass is 16.5. The van der Waals surface area contributed by atoms with Gasteiger partial charge in [0.2, 0.25) is 0 Å². The second kappa shape index (κ2) is 6.39. The maximum Gasteiger partial charge on any atom is 0.261 e. The molecule has 25 heavy (non-hydrogen) atoms. The molecule has 0 bridgehead atoms. The number of hydrogen-bond acceptors (Lipinski definition) is 7. The number of carbonyl (C=O) groups is 1. The summed E-state index contributed by atoms with van der Waals surface area (Å²) in [5.74, 6) is 1.68. The topological polar surface area (TPSA) is 97.3 Å². The normalized spacial score (nSPS) is 17.0. The van der Waals surface area contributed by atoms with Crippen molar-refractivity contribution in [3.8, 4) is 11.5 Å². The van der Waals surface area contributed by atoms with Crippen molar-refractivity contribution in [2.75, 3.05) is 18.0 Å². The van der Waals surface area contributed by atoms with Crippen LogP contribution in [-0.4, -0.2) is 40.2 Å². The van der Waals surface area contributed by atoms with E-state index >= 15 is 0 Å². The Balaban J connectivity index is 1.50. The Bertz CT molecular complexity index is 874. The highest BCUT2D eigenvalue weighted by Gasteiger charge is 2.28. The number of amides is 1. The molecule has 1 aliphatic rings. The Kier molecular flexibility index (Phi) is 3.93. The summed E-state index contributed by atoms with van der Waals surface area (Å²) >= 11 is 0. The monoisotopic (exact) mass is 339 g/mol. The number of rotatable bonds is 4. The summed E-state index contributed by atoms with van der Waals surface area (Å²) in [5.41, 5.74) is 1.32. The fraction of sp³-hybridized carbons (Fsp3) is 0.294. The standard InChI is InChI=1S/C17H17N5O3/c1-11-19-17(25-21-11)14-3-2-6-18-15(14)22-7-4-13(9-22)20-16(23)12-5-8-24-10-12/h2-3,5-6,8,10,13H,4,7,9H2,1H3,(H,20,23). The molecule has 1 amide bonds. The van der Waals surface area contributed by atoms with Crippen molar-refractivity contribution in [2.24, 2.45) is 0 Å². The van der Waals surface area contributed by atoms with Gasteiger partial charge < -0.3 is 19.2 Å². The van der Waals surface area contributed by atoms with E-state index in [9.17, 15) is 4.79 Å². The molecule has 0 saturated carbocycles. The van der Waals surface area contributed by atoms with E-state index in [0.29, 0.717) is 23.8 Å². The second-order valence-electron chi connectivity index (χ2n) is 5.94. The number of anilines is 1. The van der Waals surface area contributed by atoms with Gasteiger partial charge in [-0.15, -0.1) is 0 Å². The quantitative estimate of drug-likeness (QED) is 0.777. The number of nitrogens with one attached hydrogen (secondary N) is 1. The third kappa shape index (κ3) is 3.10. The molecule has 1 N–H and O–H groups in total. The fourth-order valence-electron chi connectivity index (χ4n) is 2.96. The van der Waals surface area contributed by atoms with Crippen LogP contribution < -0.4 is 10.2 Å². The molecule has 4 heterocycles. The fourth-order valence-corrected chi connectivity index (χ4v) is 2.96. The molecule has 1 fully saturated rings. The first-order valence-corrected chi connectivity index (χ1v) is 8.04. The van der Waals surface area contributed by atoms with E-state index in [1.165, 1.54) is 12.5 Å². The van der Waals surface area contributed by atoms with Crippen LogP contribution >= 0.6 is 0 Å². The molecule has 8 nitrogen and oxygen atoms in total. The van der Waals surface area contributed by atoms with Crippen molar-refractivity contribution in [2.45, 2.75) is 19.4 Å². The van der Waals surface area contributed by atoms with Crippen molar-refractivity contribution >= 4 is 11.7 Å². The zero-order chi connectivity index (χ0) is 17.2. The predicted octanol–water partition coefficient (Wildman–Crippen LogP) is 2.04. The highest BCUT2D eigenvalue weighted by Crippen LogP contribution is 2.29. The summed E-state index contributed by atoms with van der Waals surface area (Å²) < 4.78 is 10.2. The van der Waals surface area contributed by atoms with Crippen LogP contribution in [0.25, 0.3) is 11.5 Å². The summed E-state index contributed by atoms with van der Waals surface area (Å²) in [4.78, 5) is 23.0. The van der Waals surface area contributed by atoms with Gasteiger partial charge in [0.15, 0.2) is 5.82 Å². The number of carbonyl (C=O) groups excluding carboxylic acids is 1. The summed E-state index contributed by atoms with van der Waals surface area (Å²) in [5, 5.41) is 6.87. The number of nitrogens with zero attached hydrogens (tertiary/aromatic N) is 4. The van der Waals surface area contributed by atoms with Gasteiger partial charge in [-0.3, -0.25) is 4.79 Å². The molecule has 0 radical (unpaired) electrons. The van der Waals surface area contributed by atoms with Gasteiger partial charge in [0.1, 0.15) is 12.1 Å². The van der Waals surface area contributed by atoms with Crippen LogP contribution in [0.5, 0.6) is 0 Å². The molecule has 128 valence electrons. The van der Waals surface area contributed by atoms with Crippen molar-refractivity contribution in [1.29, 1.82) is 0 Å². The number of hydrogen-bond donors (Lipinski definition) is 1. The van der Waals surface area contributed by atoms with Crippen LogP contribution in [0.4, 0.5) is 5.82 Å². The Morgan fingerprint density at radius 1 is 1.40 bits per heavy atom. The molecule has 0 aromatic carbocycles. The smallest absolute Gasteiger partial charge is 0.261 e. The molecule has 8 heteroatoms. The third-order valence-electron chi connectivity index (χ3n) is 4.15. The molecule has 4 rings (SSSR count). The van der Waals surface area contributed by atoms with Gasteiger partial charge in [-0.05, 0) is 31.5 Å². The van der Waals surface area contributed by atoms with E-state index in [1.54, 1.807) is 19.2 Å². The van der Waals surface area contributed by atoms with Crippen LogP contribution in [-0.2, 0) is 0 Å². The van der Waals surface area contributed by atoms with Crippen molar-refractivity contribution in [3.63, 3.8) is 0 Å². The minimum atomic E-state index is -0.130. The molecule has 0 spiro atoms. The predicted molar refractivity (Wildman–Crippen MR) is 89.1 cm³/mol. The summed E-state index contributed by atoms with van der Waals surface area (Å²) in [6, 6.07) is 5.44. The Hall–Kier alpha value is -3.16. The van der Waals surface area contributed by atoms with Gasteiger partial charge in [-0.2, -0.15) is 4.98 Å². The summed E-state index contributed by atoms with van der Waals surface area (Å²) in [6.07, 6.45) is 5.50. The lowest BCUT2D eigenvalue weighted by molar-refractivity contribution is 0.0939. The molecule has 1 atom stereocenters. The zero-order valence-electron chi connectivity index (χ0n) is 13.7. The molecular weight excluding hydrogens is 322 g/mol. The average Bonchev–Trinajstić information content (AvgIpc) is 3.36. The van der Waals surface area contributed by atoms with Crippen LogP contribution in [0.2, 0.25) is 0 Å². The molecule has 3 aromatic rings. The van der Waals surface area contributed by atoms with E-state index in [2.05, 4.69) is 25.3 Å². The first-order valence-electron chi connectivity index (χ1n) is 8.04. The van der Waals surface area contributed by atoms with Gasteiger partial charge in [0.25, 0.3) is 11.8 Å². The lowest BCUT2D eigenvalue weighted by Crippen LogP contribution is -2.37. The van der Waals surface area contributed by atoms with Crippen LogP contribution in [0.15, 0.2) is 45.9 Å². The highest BCUT2D eigenvalue weighted by molar-refractivity contribution is 5.94. The lowest BCUT2D eigenvalue weighted by Gasteiger charge is -2.19. The average molecular weight is 339 g/mol. The van der Waals surface area contributed by atoms with E-state index in [0.717, 1.165) is 24.3 Å². The first-order chi connectivity index (χ1) is 12.2. The largest absolute Gasteiger partial charge is 0.472 e. The van der Waals surface area contributed by atoms with Crippen LogP contribution in [0, 0.1) is 6.92 Å². The van der Waals surface area contributed by atoms with Gasteiger partial charge >= 0.3 is 0 Å². The van der Waals surface area contributed by atoms with Crippen LogP contribution in [0.3, 0.4) is 0 Å². The summed E-state index contributed by atoms with van der Waals surface area (Å²) in [7, 11) is 0. The van der Waals surface area contributed by atoms with Crippen molar-refractivity contribution < 1.29 is 13.7 Å². The first kappa shape index (κ1) is 15.4. The number of pyridine rings is 1. The molecule has 1 aliphatic heterocycles. The van der Waals surface area contributed by atoms with Gasteiger partial charge in [-0.1, -0.05) is 5.16 Å². The minimum Gasteiger partial charge on any atom is -0.472 e. The molecular formula is C17H17N5O3. The van der Waals surface area contributed by atoms with E-state index in [-0.39, 0.29) is 11.9 Å². The second-order valence-corrected chi connectivity index (χ2v) is 5.94. The van der Waals surface area contributed by atoms with Crippen molar-refractivity contribution in [3.05, 3.63) is 48.3 Å². The number of aromatic nitrogens is 3. The van der Waals surface area contributed by atoms with Gasteiger partial charge in [0.05, 0.1) is 17.4 Å². The summed E-state index contributed by atoms with van der Waals surface area (Å²) in [6.45, 7) is 3.23. The molecule has 0 aliphatic carbocycles. The van der Waals surface area contributed by atoms with Crippen molar-refractivity contribution in [1.82, 2.24) is 20.4 Å². The third-order valence-corrected chi connectivity index (χ3v) is 4.15. The minimum absolute atomic E-state index is 0.0432. The number of furan rings is 1. The van der Waals surface area contributed by atoms with Crippen LogP contribution in [0.1, 0.15) is 22.6 Å². The van der Waals surface area contributed by atoms with E-state index in [4.69, 9.17) is 8.94 Å². The SMILES string of the molecule is Cc1noc(-c2cccnc2N2CCC(NC(=O)c3ccoc3)C2)n1. The van der Waals surface area contributed by atoms with E-state index < -0.39 is 0 Å². The Labute approximate surface area is 143 Å². The molecule has 3 aromatic heterocycles. The Morgan fingerprint density at radius 2 is 2.32 bits per heavy atom. The van der Waals surface area contributed by atoms with Gasteiger partial charge in [-0.25, -0.2) is 4.98 Å². The molecule has 1 unspecified atom stereocenters. The van der Waals surface area contributed by atoms with E-state index in [1.807, 2.05) is 12.1 Å². The number of aryl methyl sites for hydroxylation is 1. The zero-order valence-corrected chi connectivity index (χ0v) is 13.7. The lowest BCUT2D eigenvalue weighted by atomic mass is 10.2.